The van der Waals surface area contributed by atoms with Crippen LogP contribution >= 0.6 is 0 Å². The van der Waals surface area contributed by atoms with E-state index in [1.165, 1.54) is 0 Å². The van der Waals surface area contributed by atoms with Gasteiger partial charge in [0.15, 0.2) is 0 Å². The van der Waals surface area contributed by atoms with Crippen molar-refractivity contribution in [2.75, 3.05) is 0 Å². The molecule has 3 heterocycles. The average molecular weight is 271 g/mol. The molecule has 0 spiro atoms. The predicted molar refractivity (Wildman–Crippen MR) is 74.8 cm³/mol. The lowest BCUT2D eigenvalue weighted by Crippen LogP contribution is -2.05. The van der Waals surface area contributed by atoms with Gasteiger partial charge in [-0.15, -0.1) is 0 Å². The molecule has 5 heteroatoms. The highest BCUT2D eigenvalue weighted by Crippen LogP contribution is 2.37. The van der Waals surface area contributed by atoms with Gasteiger partial charge in [0, 0.05) is 18.2 Å². The second kappa shape index (κ2) is 4.74. The average Bonchev–Trinajstić information content (AvgIpc) is 2.96. The Labute approximate surface area is 117 Å². The lowest BCUT2D eigenvalue weighted by Gasteiger charge is -2.07. The van der Waals surface area contributed by atoms with Crippen molar-refractivity contribution in [1.82, 2.24) is 14.8 Å². The van der Waals surface area contributed by atoms with E-state index in [2.05, 4.69) is 17.0 Å². The maximum atomic E-state index is 11.7. The molecule has 0 saturated heterocycles. The van der Waals surface area contributed by atoms with Gasteiger partial charge in [0.1, 0.15) is 11.3 Å². The van der Waals surface area contributed by atoms with E-state index in [1.54, 1.807) is 0 Å². The lowest BCUT2D eigenvalue weighted by atomic mass is 9.96. The number of carbonyl (C=O) groups is 1. The van der Waals surface area contributed by atoms with E-state index in [-0.39, 0.29) is 5.92 Å². The predicted octanol–water partition coefficient (Wildman–Crippen LogP) is 2.85. The van der Waals surface area contributed by atoms with Gasteiger partial charge in [-0.05, 0) is 31.9 Å². The number of hydrogen-bond acceptors (Lipinski definition) is 3. The van der Waals surface area contributed by atoms with Gasteiger partial charge >= 0.3 is 5.97 Å². The number of hydrogen-bond donors (Lipinski definition) is 1. The van der Waals surface area contributed by atoms with Crippen LogP contribution in [0, 0.1) is 6.92 Å². The van der Waals surface area contributed by atoms with Crippen LogP contribution in [0.4, 0.5) is 0 Å². The first-order valence-corrected chi connectivity index (χ1v) is 6.89. The van der Waals surface area contributed by atoms with E-state index in [1.807, 2.05) is 29.8 Å². The molecule has 2 aromatic heterocycles. The number of aromatic nitrogens is 3. The van der Waals surface area contributed by atoms with Crippen molar-refractivity contribution < 1.29 is 9.90 Å². The topological polar surface area (TPSA) is 68.0 Å². The van der Waals surface area contributed by atoms with Gasteiger partial charge in [-0.25, -0.2) is 4.79 Å². The molecule has 0 aromatic carbocycles. The zero-order chi connectivity index (χ0) is 14.3. The van der Waals surface area contributed by atoms with Crippen molar-refractivity contribution in [2.45, 2.75) is 39.2 Å². The van der Waals surface area contributed by atoms with Gasteiger partial charge in [-0.2, -0.15) is 5.10 Å². The Balaban J connectivity index is 2.20. The van der Waals surface area contributed by atoms with Gasteiger partial charge in [-0.3, -0.25) is 9.67 Å². The summed E-state index contributed by atoms with van der Waals surface area (Å²) in [4.78, 5) is 16.1. The minimum Gasteiger partial charge on any atom is -0.478 e. The fourth-order valence-corrected chi connectivity index (χ4v) is 2.94. The lowest BCUT2D eigenvalue weighted by molar-refractivity contribution is 0.0696. The summed E-state index contributed by atoms with van der Waals surface area (Å²) in [5.41, 5.74) is 3.18. The highest BCUT2D eigenvalue weighted by atomic mass is 16.4. The van der Waals surface area contributed by atoms with Gasteiger partial charge < -0.3 is 5.11 Å². The maximum absolute atomic E-state index is 11.7. The molecule has 0 bridgehead atoms. The van der Waals surface area contributed by atoms with E-state index in [0.29, 0.717) is 17.0 Å². The van der Waals surface area contributed by atoms with Crippen molar-refractivity contribution in [2.24, 2.45) is 0 Å². The van der Waals surface area contributed by atoms with Crippen LogP contribution in [-0.4, -0.2) is 25.8 Å². The van der Waals surface area contributed by atoms with Crippen molar-refractivity contribution in [3.8, 4) is 11.4 Å². The Morgan fingerprint density at radius 2 is 2.30 bits per heavy atom. The quantitative estimate of drug-likeness (QED) is 0.932. The Hall–Kier alpha value is -2.17. The Bertz CT molecular complexity index is 676. The van der Waals surface area contributed by atoms with Crippen LogP contribution in [-0.2, 0) is 6.54 Å². The molecule has 1 atom stereocenters. The zero-order valence-electron chi connectivity index (χ0n) is 11.6. The standard InChI is InChI=1S/C15H17N3O2/c1-3-10-7-8-18-14(10)12(15(19)20)13(17-18)11-6-4-5-9(2)16-11/h4-6,10H,3,7-8H2,1-2H3,(H,19,20). The molecule has 0 amide bonds. The highest BCUT2D eigenvalue weighted by Gasteiger charge is 2.33. The minimum atomic E-state index is -0.912. The van der Waals surface area contributed by atoms with Gasteiger partial charge in [0.2, 0.25) is 0 Å². The van der Waals surface area contributed by atoms with E-state index >= 15 is 0 Å². The highest BCUT2D eigenvalue weighted by molar-refractivity contribution is 5.96. The summed E-state index contributed by atoms with van der Waals surface area (Å²) in [6.45, 7) is 4.77. The molecule has 0 aliphatic carbocycles. The van der Waals surface area contributed by atoms with E-state index in [9.17, 15) is 9.90 Å². The third-order valence-corrected chi connectivity index (χ3v) is 3.91. The minimum absolute atomic E-state index is 0.284. The molecule has 1 unspecified atom stereocenters. The molecule has 0 fully saturated rings. The van der Waals surface area contributed by atoms with Crippen LogP contribution in [0.2, 0.25) is 0 Å². The van der Waals surface area contributed by atoms with Crippen molar-refractivity contribution in [3.05, 3.63) is 35.2 Å². The van der Waals surface area contributed by atoms with Crippen LogP contribution in [0.3, 0.4) is 0 Å². The Kier molecular flexibility index (Phi) is 3.04. The smallest absolute Gasteiger partial charge is 0.339 e. The number of rotatable bonds is 3. The number of carboxylic acids is 1. The van der Waals surface area contributed by atoms with E-state index in [4.69, 9.17) is 0 Å². The van der Waals surface area contributed by atoms with Crippen molar-refractivity contribution in [1.29, 1.82) is 0 Å². The zero-order valence-corrected chi connectivity index (χ0v) is 11.6. The van der Waals surface area contributed by atoms with Gasteiger partial charge in [0.05, 0.1) is 11.4 Å². The van der Waals surface area contributed by atoms with Crippen LogP contribution in [0.25, 0.3) is 11.4 Å². The van der Waals surface area contributed by atoms with E-state index < -0.39 is 5.97 Å². The normalized spacial score (nSPS) is 17.2. The fraction of sp³-hybridized carbons (Fsp3) is 0.400. The molecular weight excluding hydrogens is 254 g/mol. The molecule has 1 aliphatic heterocycles. The maximum Gasteiger partial charge on any atom is 0.339 e. The summed E-state index contributed by atoms with van der Waals surface area (Å²) in [5.74, 6) is -0.628. The van der Waals surface area contributed by atoms with Crippen LogP contribution in [0.5, 0.6) is 0 Å². The number of aryl methyl sites for hydroxylation is 2. The third-order valence-electron chi connectivity index (χ3n) is 3.91. The number of nitrogens with zero attached hydrogens (tertiary/aromatic N) is 3. The molecule has 1 aliphatic rings. The van der Waals surface area contributed by atoms with Crippen LogP contribution in [0.1, 0.15) is 47.4 Å². The first-order chi connectivity index (χ1) is 9.61. The largest absolute Gasteiger partial charge is 0.478 e. The molecule has 5 nitrogen and oxygen atoms in total. The number of carboxylic acid groups (broad SMARTS) is 1. The number of pyridine rings is 1. The second-order valence-electron chi connectivity index (χ2n) is 5.20. The first kappa shape index (κ1) is 12.8. The summed E-state index contributed by atoms with van der Waals surface area (Å²) in [7, 11) is 0. The summed E-state index contributed by atoms with van der Waals surface area (Å²) < 4.78 is 1.84. The number of aromatic carboxylic acids is 1. The number of fused-ring (bicyclic) bond motifs is 1. The van der Waals surface area contributed by atoms with Crippen LogP contribution in [0.15, 0.2) is 18.2 Å². The summed E-state index contributed by atoms with van der Waals surface area (Å²) in [6, 6.07) is 5.59. The molecule has 0 radical (unpaired) electrons. The van der Waals surface area contributed by atoms with Crippen molar-refractivity contribution in [3.63, 3.8) is 0 Å². The monoisotopic (exact) mass is 271 g/mol. The molecule has 2 aromatic rings. The Morgan fingerprint density at radius 1 is 1.50 bits per heavy atom. The van der Waals surface area contributed by atoms with Crippen molar-refractivity contribution >= 4 is 5.97 Å². The molecule has 1 N–H and O–H groups in total. The molecular formula is C15H17N3O2. The first-order valence-electron chi connectivity index (χ1n) is 6.89. The second-order valence-corrected chi connectivity index (χ2v) is 5.20. The van der Waals surface area contributed by atoms with Crippen LogP contribution < -0.4 is 0 Å². The summed E-state index contributed by atoms with van der Waals surface area (Å²) in [5, 5.41) is 14.1. The van der Waals surface area contributed by atoms with E-state index in [0.717, 1.165) is 30.8 Å². The molecule has 3 rings (SSSR count). The molecule has 0 saturated carbocycles. The third kappa shape index (κ3) is 1.90. The van der Waals surface area contributed by atoms with Gasteiger partial charge in [-0.1, -0.05) is 13.0 Å². The Morgan fingerprint density at radius 3 is 2.95 bits per heavy atom. The summed E-state index contributed by atoms with van der Waals surface area (Å²) in [6.07, 6.45) is 1.91. The molecule has 104 valence electrons. The SMILES string of the molecule is CCC1CCn2nc(-c3cccc(C)n3)c(C(=O)O)c21. The van der Waals surface area contributed by atoms with Gasteiger partial charge in [0.25, 0.3) is 0 Å². The fourth-order valence-electron chi connectivity index (χ4n) is 2.94. The summed E-state index contributed by atoms with van der Waals surface area (Å²) >= 11 is 0. The molecule has 20 heavy (non-hydrogen) atoms.